The summed E-state index contributed by atoms with van der Waals surface area (Å²) >= 11 is 0. The quantitative estimate of drug-likeness (QED) is 0.128. The van der Waals surface area contributed by atoms with Crippen molar-refractivity contribution in [3.05, 3.63) is 167 Å². The van der Waals surface area contributed by atoms with E-state index < -0.39 is 0 Å². The first-order chi connectivity index (χ1) is 25.3. The maximum atomic E-state index is 4.79. The molecule has 4 aromatic heterocycles. The number of fused-ring (bicyclic) bond motifs is 12. The molecule has 1 radical (unpaired) electrons. The van der Waals surface area contributed by atoms with Gasteiger partial charge in [-0.05, 0) is 97.3 Å². The molecule has 0 atom stereocenters. The van der Waals surface area contributed by atoms with Crippen molar-refractivity contribution in [1.82, 2.24) is 19.2 Å². The molecular weight excluding hydrogens is 825 g/mol. The van der Waals surface area contributed by atoms with E-state index in [1.54, 1.807) is 0 Å². The van der Waals surface area contributed by atoms with Gasteiger partial charge < -0.3 is 0 Å². The number of aromatic nitrogens is 4. The van der Waals surface area contributed by atoms with Gasteiger partial charge in [0.05, 0.1) is 28.9 Å². The predicted molar refractivity (Wildman–Crippen MR) is 219 cm³/mol. The van der Waals surface area contributed by atoms with E-state index in [0.29, 0.717) is 0 Å². The molecule has 0 saturated heterocycles. The van der Waals surface area contributed by atoms with Crippen LogP contribution in [-0.2, 0) is 20.1 Å². The fourth-order valence-electron chi connectivity index (χ4n) is 8.29. The molecule has 4 heterocycles. The monoisotopic (exact) mass is 864 g/mol. The van der Waals surface area contributed by atoms with Gasteiger partial charge in [-0.1, -0.05) is 108 Å². The van der Waals surface area contributed by atoms with Crippen molar-refractivity contribution >= 4 is 54.4 Å². The zero-order valence-electron chi connectivity index (χ0n) is 30.7. The largest absolute Gasteiger partial charge is 0.257 e. The third kappa shape index (κ3) is 5.55. The van der Waals surface area contributed by atoms with Gasteiger partial charge in [0, 0.05) is 42.0 Å². The Kier molecular flexibility index (Phi) is 8.73. The van der Waals surface area contributed by atoms with E-state index in [4.69, 9.17) is 10.2 Å². The Balaban J connectivity index is 0.000000148. The second kappa shape index (κ2) is 13.4. The number of hydrogen-bond acceptors (Lipinski definition) is 2. The second-order valence-electron chi connectivity index (χ2n) is 14.2. The van der Waals surface area contributed by atoms with Gasteiger partial charge >= 0.3 is 0 Å². The molecule has 10 aromatic rings. The SMILES string of the molecule is Cc1ccc2c(c1)c1ccc[c-]c1n1ncc(-c3c(C)cccc3C)c21.Cc1ccc2c(c1)c1ccccc1n1ncc(-c3c(C)cccc3C)c21.[Ir]. The maximum absolute atomic E-state index is 4.79. The van der Waals surface area contributed by atoms with Crippen LogP contribution in [0.15, 0.2) is 128 Å². The molecule has 0 aliphatic carbocycles. The van der Waals surface area contributed by atoms with Crippen molar-refractivity contribution in [2.75, 3.05) is 0 Å². The minimum Gasteiger partial charge on any atom is -0.257 e. The molecule has 0 saturated carbocycles. The van der Waals surface area contributed by atoms with Crippen molar-refractivity contribution in [2.45, 2.75) is 41.5 Å². The standard InChI is InChI=1S/C24H20N2.C24H19N2.Ir/c2*1-15-11-12-19-20(13-15)18-9-4-5-10-22(18)26-24(19)21(14-25-26)23-16(2)7-6-8-17(23)3;/h4-14H,1-3H3;4-9,11-14H,1-3H3;/q;-1;. The van der Waals surface area contributed by atoms with Crippen LogP contribution in [0.2, 0.25) is 0 Å². The van der Waals surface area contributed by atoms with E-state index in [1.807, 2.05) is 29.0 Å². The van der Waals surface area contributed by atoms with Gasteiger partial charge in [0.2, 0.25) is 0 Å². The molecule has 53 heavy (non-hydrogen) atoms. The molecule has 0 spiro atoms. The third-order valence-corrected chi connectivity index (χ3v) is 10.7. The molecule has 0 bridgehead atoms. The van der Waals surface area contributed by atoms with E-state index in [-0.39, 0.29) is 20.1 Å². The zero-order chi connectivity index (χ0) is 35.7. The van der Waals surface area contributed by atoms with Crippen LogP contribution in [0.25, 0.3) is 76.6 Å². The minimum absolute atomic E-state index is 0. The summed E-state index contributed by atoms with van der Waals surface area (Å²) in [5.41, 5.74) is 17.2. The van der Waals surface area contributed by atoms with Crippen LogP contribution >= 0.6 is 0 Å². The van der Waals surface area contributed by atoms with Gasteiger partial charge in [0.25, 0.3) is 0 Å². The van der Waals surface area contributed by atoms with Crippen LogP contribution in [0.1, 0.15) is 33.4 Å². The van der Waals surface area contributed by atoms with Crippen molar-refractivity contribution in [2.24, 2.45) is 0 Å². The molecule has 0 aliphatic heterocycles. The van der Waals surface area contributed by atoms with Crippen molar-refractivity contribution in [3.8, 4) is 22.3 Å². The van der Waals surface area contributed by atoms with Gasteiger partial charge in [-0.3, -0.25) is 4.52 Å². The summed E-state index contributed by atoms with van der Waals surface area (Å²) in [6.45, 7) is 13.0. The molecule has 0 amide bonds. The number of nitrogens with zero attached hydrogens (tertiary/aromatic N) is 4. The summed E-state index contributed by atoms with van der Waals surface area (Å²) in [5, 5.41) is 17.0. The molecule has 10 rings (SSSR count). The Bertz CT molecular complexity index is 2790. The van der Waals surface area contributed by atoms with Gasteiger partial charge in [-0.2, -0.15) is 34.5 Å². The fraction of sp³-hybridized carbons (Fsp3) is 0.125. The zero-order valence-corrected chi connectivity index (χ0v) is 33.1. The molecule has 0 fully saturated rings. The third-order valence-electron chi connectivity index (χ3n) is 10.7. The van der Waals surface area contributed by atoms with Crippen LogP contribution in [-0.4, -0.2) is 19.2 Å². The molecule has 0 N–H and O–H groups in total. The van der Waals surface area contributed by atoms with Crippen molar-refractivity contribution in [3.63, 3.8) is 0 Å². The first-order valence-electron chi connectivity index (χ1n) is 17.9. The number of benzene rings is 6. The second-order valence-corrected chi connectivity index (χ2v) is 14.2. The Labute approximate surface area is 323 Å². The van der Waals surface area contributed by atoms with Gasteiger partial charge in [0.15, 0.2) is 0 Å². The summed E-state index contributed by atoms with van der Waals surface area (Å²) in [4.78, 5) is 0. The molecule has 0 unspecified atom stereocenters. The van der Waals surface area contributed by atoms with Gasteiger partial charge in [0.1, 0.15) is 0 Å². The molecule has 6 aromatic carbocycles. The van der Waals surface area contributed by atoms with E-state index >= 15 is 0 Å². The fourth-order valence-corrected chi connectivity index (χ4v) is 8.29. The average molecular weight is 864 g/mol. The number of para-hydroxylation sites is 2. The number of aryl methyl sites for hydroxylation is 6. The molecular formula is C48H39IrN4-. The molecule has 0 aliphatic rings. The van der Waals surface area contributed by atoms with E-state index in [9.17, 15) is 0 Å². The van der Waals surface area contributed by atoms with Gasteiger partial charge in [-0.15, -0.1) is 5.39 Å². The molecule has 5 heteroatoms. The normalized spacial score (nSPS) is 11.4. The first-order valence-corrected chi connectivity index (χ1v) is 17.9. The maximum Gasteiger partial charge on any atom is 0.0826 e. The van der Waals surface area contributed by atoms with E-state index in [0.717, 1.165) is 16.6 Å². The summed E-state index contributed by atoms with van der Waals surface area (Å²) in [6.07, 6.45) is 4.03. The van der Waals surface area contributed by atoms with Crippen LogP contribution in [0.5, 0.6) is 0 Å². The summed E-state index contributed by atoms with van der Waals surface area (Å²) in [5.74, 6) is 0. The van der Waals surface area contributed by atoms with Crippen molar-refractivity contribution in [1.29, 1.82) is 0 Å². The summed E-state index contributed by atoms with van der Waals surface area (Å²) in [7, 11) is 0. The number of hydrogen-bond donors (Lipinski definition) is 0. The topological polar surface area (TPSA) is 34.6 Å². The van der Waals surface area contributed by atoms with Crippen LogP contribution in [0, 0.1) is 47.6 Å². The molecule has 4 nitrogen and oxygen atoms in total. The average Bonchev–Trinajstić information content (AvgIpc) is 3.78. The Hall–Kier alpha value is -5.61. The number of pyridine rings is 2. The Morgan fingerprint density at radius 1 is 0.453 bits per heavy atom. The Morgan fingerprint density at radius 2 is 0.943 bits per heavy atom. The summed E-state index contributed by atoms with van der Waals surface area (Å²) < 4.78 is 4.16. The molecule has 261 valence electrons. The number of rotatable bonds is 2. The van der Waals surface area contributed by atoms with Crippen LogP contribution in [0.4, 0.5) is 0 Å². The minimum atomic E-state index is 0. The Morgan fingerprint density at radius 3 is 1.53 bits per heavy atom. The van der Waals surface area contributed by atoms with Crippen molar-refractivity contribution < 1.29 is 20.1 Å². The van der Waals surface area contributed by atoms with E-state index in [2.05, 4.69) is 155 Å². The van der Waals surface area contributed by atoms with Gasteiger partial charge in [-0.25, -0.2) is 4.52 Å². The van der Waals surface area contributed by atoms with Crippen LogP contribution < -0.4 is 0 Å². The first kappa shape index (κ1) is 34.5. The summed E-state index contributed by atoms with van der Waals surface area (Å²) in [6, 6.07) is 44.5. The predicted octanol–water partition coefficient (Wildman–Crippen LogP) is 12.3. The van der Waals surface area contributed by atoms with E-state index in [1.165, 1.54) is 93.5 Å². The smallest absolute Gasteiger partial charge is 0.0826 e. The van der Waals surface area contributed by atoms with Crippen LogP contribution in [0.3, 0.4) is 0 Å².